The van der Waals surface area contributed by atoms with Crippen molar-refractivity contribution in [3.05, 3.63) is 42.5 Å². The average Bonchev–Trinajstić information content (AvgIpc) is 2.52. The normalized spacial score (nSPS) is 12.1. The Labute approximate surface area is 127 Å². The Morgan fingerprint density at radius 1 is 1.29 bits per heavy atom. The summed E-state index contributed by atoms with van der Waals surface area (Å²) in [5.74, 6) is 0.791. The molecule has 0 radical (unpaired) electrons. The van der Waals surface area contributed by atoms with Crippen LogP contribution in [-0.4, -0.2) is 44.1 Å². The molecule has 1 atom stereocenters. The summed E-state index contributed by atoms with van der Waals surface area (Å²) in [5.41, 5.74) is 1.28. The van der Waals surface area contributed by atoms with Crippen LogP contribution in [-0.2, 0) is 11.2 Å². The Hall–Kier alpha value is -1.36. The topological polar surface area (TPSA) is 50.7 Å². The van der Waals surface area contributed by atoms with Gasteiger partial charge < -0.3 is 19.9 Å². The number of benzene rings is 1. The molecule has 118 valence electrons. The summed E-state index contributed by atoms with van der Waals surface area (Å²) in [4.78, 5) is 0. The van der Waals surface area contributed by atoms with Gasteiger partial charge in [0.05, 0.1) is 13.2 Å². The van der Waals surface area contributed by atoms with Crippen molar-refractivity contribution in [3.8, 4) is 5.75 Å². The van der Waals surface area contributed by atoms with Gasteiger partial charge in [-0.15, -0.1) is 6.58 Å². The fraction of sp³-hybridized carbons (Fsp3) is 0.529. The fourth-order valence-electron chi connectivity index (χ4n) is 1.75. The van der Waals surface area contributed by atoms with Crippen molar-refractivity contribution in [1.82, 2.24) is 5.32 Å². The molecule has 21 heavy (non-hydrogen) atoms. The van der Waals surface area contributed by atoms with E-state index in [1.54, 1.807) is 0 Å². The molecule has 2 N–H and O–H groups in total. The maximum atomic E-state index is 9.81. The van der Waals surface area contributed by atoms with Crippen molar-refractivity contribution in [1.29, 1.82) is 0 Å². The molecule has 0 saturated heterocycles. The predicted octanol–water partition coefficient (Wildman–Crippen LogP) is 2.17. The molecule has 0 aliphatic rings. The zero-order chi connectivity index (χ0) is 15.3. The summed E-state index contributed by atoms with van der Waals surface area (Å²) in [6.45, 7) is 8.59. The van der Waals surface area contributed by atoms with Crippen LogP contribution in [0.1, 0.15) is 18.9 Å². The number of aryl methyl sites for hydroxylation is 1. The molecule has 1 aromatic carbocycles. The third-order valence-electron chi connectivity index (χ3n) is 3.04. The molecule has 0 saturated carbocycles. The van der Waals surface area contributed by atoms with Crippen molar-refractivity contribution in [2.24, 2.45) is 0 Å². The van der Waals surface area contributed by atoms with E-state index < -0.39 is 6.10 Å². The summed E-state index contributed by atoms with van der Waals surface area (Å²) >= 11 is 0. The van der Waals surface area contributed by atoms with Gasteiger partial charge in [-0.2, -0.15) is 0 Å². The number of aliphatic hydroxyl groups excluding tert-OH is 1. The third-order valence-corrected chi connectivity index (χ3v) is 3.04. The van der Waals surface area contributed by atoms with Gasteiger partial charge in [-0.1, -0.05) is 25.1 Å². The van der Waals surface area contributed by atoms with Gasteiger partial charge in [0.1, 0.15) is 18.5 Å². The van der Waals surface area contributed by atoms with E-state index in [-0.39, 0.29) is 6.61 Å². The van der Waals surface area contributed by atoms with E-state index >= 15 is 0 Å². The van der Waals surface area contributed by atoms with Crippen LogP contribution in [0.5, 0.6) is 5.75 Å². The largest absolute Gasteiger partial charge is 0.491 e. The van der Waals surface area contributed by atoms with Gasteiger partial charge in [0.25, 0.3) is 0 Å². The molecular weight excluding hydrogens is 266 g/mol. The molecule has 0 heterocycles. The van der Waals surface area contributed by atoms with Crippen LogP contribution in [0.3, 0.4) is 0 Å². The maximum absolute atomic E-state index is 9.81. The smallest absolute Gasteiger partial charge is 0.119 e. The molecule has 4 heteroatoms. The minimum absolute atomic E-state index is 0.287. The van der Waals surface area contributed by atoms with Gasteiger partial charge in [0, 0.05) is 13.1 Å². The molecule has 0 spiro atoms. The highest BCUT2D eigenvalue weighted by atomic mass is 16.5. The summed E-state index contributed by atoms with van der Waals surface area (Å²) in [5, 5.41) is 12.9. The van der Waals surface area contributed by atoms with Crippen LogP contribution in [0.15, 0.2) is 36.9 Å². The molecule has 0 aliphatic heterocycles. The molecular formula is C17H27NO3. The average molecular weight is 293 g/mol. The SMILES string of the molecule is C=CCCOCCNCC(O)COc1ccc(CC)cc1. The van der Waals surface area contributed by atoms with Crippen molar-refractivity contribution < 1.29 is 14.6 Å². The number of ether oxygens (including phenoxy) is 2. The quantitative estimate of drug-likeness (QED) is 0.458. The second-order valence-electron chi connectivity index (χ2n) is 4.86. The maximum Gasteiger partial charge on any atom is 0.119 e. The van der Waals surface area contributed by atoms with Gasteiger partial charge >= 0.3 is 0 Å². The summed E-state index contributed by atoms with van der Waals surface area (Å²) in [6, 6.07) is 7.96. The second kappa shape index (κ2) is 11.3. The van der Waals surface area contributed by atoms with Gasteiger partial charge in [-0.05, 0) is 30.5 Å². The van der Waals surface area contributed by atoms with Crippen molar-refractivity contribution in [2.75, 3.05) is 32.9 Å². The Bertz CT molecular complexity index is 378. The lowest BCUT2D eigenvalue weighted by Gasteiger charge is -2.13. The monoisotopic (exact) mass is 293 g/mol. The van der Waals surface area contributed by atoms with Crippen LogP contribution in [0.4, 0.5) is 0 Å². The number of hydrogen-bond acceptors (Lipinski definition) is 4. The van der Waals surface area contributed by atoms with Crippen LogP contribution >= 0.6 is 0 Å². The minimum atomic E-state index is -0.524. The highest BCUT2D eigenvalue weighted by Gasteiger charge is 2.04. The first-order valence-electron chi connectivity index (χ1n) is 7.55. The Morgan fingerprint density at radius 2 is 2.05 bits per heavy atom. The van der Waals surface area contributed by atoms with E-state index in [0.717, 1.165) is 25.1 Å². The lowest BCUT2D eigenvalue weighted by molar-refractivity contribution is 0.0993. The van der Waals surface area contributed by atoms with Crippen molar-refractivity contribution in [3.63, 3.8) is 0 Å². The van der Waals surface area contributed by atoms with E-state index in [1.165, 1.54) is 5.56 Å². The number of aliphatic hydroxyl groups is 1. The zero-order valence-electron chi connectivity index (χ0n) is 12.9. The number of rotatable bonds is 12. The van der Waals surface area contributed by atoms with Crippen molar-refractivity contribution in [2.45, 2.75) is 25.9 Å². The fourth-order valence-corrected chi connectivity index (χ4v) is 1.75. The van der Waals surface area contributed by atoms with Crippen LogP contribution in [0.2, 0.25) is 0 Å². The van der Waals surface area contributed by atoms with E-state index in [4.69, 9.17) is 9.47 Å². The van der Waals surface area contributed by atoms with Gasteiger partial charge in [0.15, 0.2) is 0 Å². The first-order valence-corrected chi connectivity index (χ1v) is 7.55. The van der Waals surface area contributed by atoms with Crippen LogP contribution in [0.25, 0.3) is 0 Å². The molecule has 1 unspecified atom stereocenters. The first kappa shape index (κ1) is 17.7. The summed E-state index contributed by atoms with van der Waals surface area (Å²) in [6.07, 6.45) is 3.19. The van der Waals surface area contributed by atoms with E-state index in [0.29, 0.717) is 19.8 Å². The van der Waals surface area contributed by atoms with Gasteiger partial charge in [-0.3, -0.25) is 0 Å². The highest BCUT2D eigenvalue weighted by Crippen LogP contribution is 2.12. The summed E-state index contributed by atoms with van der Waals surface area (Å²) in [7, 11) is 0. The molecule has 0 bridgehead atoms. The first-order chi connectivity index (χ1) is 10.3. The molecule has 0 aromatic heterocycles. The van der Waals surface area contributed by atoms with Crippen LogP contribution < -0.4 is 10.1 Å². The lowest BCUT2D eigenvalue weighted by atomic mass is 10.2. The molecule has 0 amide bonds. The third kappa shape index (κ3) is 8.50. The molecule has 4 nitrogen and oxygen atoms in total. The van der Waals surface area contributed by atoms with Gasteiger partial charge in [0.2, 0.25) is 0 Å². The summed E-state index contributed by atoms with van der Waals surface area (Å²) < 4.78 is 10.9. The Kier molecular flexibility index (Phi) is 9.53. The van der Waals surface area contributed by atoms with Gasteiger partial charge in [-0.25, -0.2) is 0 Å². The standard InChI is InChI=1S/C17H27NO3/c1-3-5-11-20-12-10-18-13-16(19)14-21-17-8-6-15(4-2)7-9-17/h3,6-9,16,18-19H,1,4-5,10-14H2,2H3. The number of nitrogens with one attached hydrogen (secondary N) is 1. The second-order valence-corrected chi connectivity index (χ2v) is 4.86. The molecule has 1 rings (SSSR count). The number of hydrogen-bond donors (Lipinski definition) is 2. The van der Waals surface area contributed by atoms with Crippen molar-refractivity contribution >= 4 is 0 Å². The van der Waals surface area contributed by atoms with E-state index in [9.17, 15) is 5.11 Å². The van der Waals surface area contributed by atoms with E-state index in [1.807, 2.05) is 30.3 Å². The highest BCUT2D eigenvalue weighted by molar-refractivity contribution is 5.27. The Balaban J connectivity index is 2.05. The molecule has 1 aromatic rings. The van der Waals surface area contributed by atoms with E-state index in [2.05, 4.69) is 18.8 Å². The Morgan fingerprint density at radius 3 is 2.71 bits per heavy atom. The molecule has 0 aliphatic carbocycles. The van der Waals surface area contributed by atoms with Crippen LogP contribution in [0, 0.1) is 0 Å². The predicted molar refractivity (Wildman–Crippen MR) is 85.8 cm³/mol. The zero-order valence-corrected chi connectivity index (χ0v) is 12.9. The molecule has 0 fully saturated rings. The minimum Gasteiger partial charge on any atom is -0.491 e. The lowest BCUT2D eigenvalue weighted by Crippen LogP contribution is -2.33.